The number of carbonyl (C=O) groups excluding carboxylic acids is 1. The molecule has 0 atom stereocenters. The van der Waals surface area contributed by atoms with E-state index in [2.05, 4.69) is 15.5 Å². The number of nitrogens with zero attached hydrogens (tertiary/aromatic N) is 4. The number of non-ortho nitro benzene ring substituents is 1. The fourth-order valence-electron chi connectivity index (χ4n) is 2.95. The van der Waals surface area contributed by atoms with Gasteiger partial charge < -0.3 is 4.52 Å². The van der Waals surface area contributed by atoms with Crippen LogP contribution in [0.5, 0.6) is 0 Å². The normalized spacial score (nSPS) is 14.3. The van der Waals surface area contributed by atoms with Crippen LogP contribution in [0.3, 0.4) is 0 Å². The zero-order valence-corrected chi connectivity index (χ0v) is 17.2. The molecule has 30 heavy (non-hydrogen) atoms. The van der Waals surface area contributed by atoms with Gasteiger partial charge in [0, 0.05) is 36.0 Å². The Bertz CT molecular complexity index is 1230. The van der Waals surface area contributed by atoms with Gasteiger partial charge in [0.2, 0.25) is 10.0 Å². The summed E-state index contributed by atoms with van der Waals surface area (Å²) in [5.74, 6) is 0.0407. The summed E-state index contributed by atoms with van der Waals surface area (Å²) in [5, 5.41) is 17.4. The Hall–Kier alpha value is -3.16. The van der Waals surface area contributed by atoms with Crippen LogP contribution in [-0.2, 0) is 23.0 Å². The molecule has 0 saturated carbocycles. The summed E-state index contributed by atoms with van der Waals surface area (Å²) in [5.41, 5.74) is 0.671. The van der Waals surface area contributed by atoms with Crippen LogP contribution in [0.15, 0.2) is 39.8 Å². The average molecular weight is 449 g/mol. The summed E-state index contributed by atoms with van der Waals surface area (Å²) in [6.07, 6.45) is 0.386. The second kappa shape index (κ2) is 7.59. The topological polar surface area (TPSA) is 149 Å². The summed E-state index contributed by atoms with van der Waals surface area (Å²) in [4.78, 5) is 27.5. The minimum atomic E-state index is -3.82. The van der Waals surface area contributed by atoms with Crippen molar-refractivity contribution in [3.05, 3.63) is 62.5 Å². The van der Waals surface area contributed by atoms with E-state index in [0.717, 1.165) is 22.7 Å². The molecule has 2 aromatic heterocycles. The molecule has 0 radical (unpaired) electrons. The number of nitro groups is 1. The Balaban J connectivity index is 1.50. The van der Waals surface area contributed by atoms with E-state index < -0.39 is 20.9 Å². The number of hydrogen-bond acceptors (Lipinski definition) is 9. The van der Waals surface area contributed by atoms with Gasteiger partial charge in [-0.25, -0.2) is 13.4 Å². The van der Waals surface area contributed by atoms with Crippen molar-refractivity contribution in [2.45, 2.75) is 24.8 Å². The fraction of sp³-hybridized carbons (Fsp3) is 0.235. The van der Waals surface area contributed by atoms with Gasteiger partial charge in [-0.05, 0) is 19.1 Å². The van der Waals surface area contributed by atoms with Gasteiger partial charge in [-0.15, -0.1) is 11.3 Å². The van der Waals surface area contributed by atoms with E-state index in [1.54, 1.807) is 6.92 Å². The molecule has 1 N–H and O–H groups in total. The lowest BCUT2D eigenvalue weighted by Gasteiger charge is -2.25. The van der Waals surface area contributed by atoms with Crippen molar-refractivity contribution >= 4 is 38.1 Å². The summed E-state index contributed by atoms with van der Waals surface area (Å²) < 4.78 is 32.0. The average Bonchev–Trinajstić information content (AvgIpc) is 3.32. The molecular weight excluding hydrogens is 434 g/mol. The van der Waals surface area contributed by atoms with Gasteiger partial charge in [0.15, 0.2) is 10.8 Å². The van der Waals surface area contributed by atoms with Gasteiger partial charge >= 0.3 is 0 Å². The number of aromatic nitrogens is 2. The standard InChI is InChI=1S/C17H15N5O6S2/c1-10-8-14(20-28-10)16(23)19-17-18-13-6-7-21(9-15(13)29-17)30(26,27)12-4-2-11(3-5-12)22(24)25/h2-5,8H,6-7,9H2,1H3,(H,18,19,23). The number of rotatable bonds is 5. The number of sulfonamides is 1. The first kappa shape index (κ1) is 20.1. The van der Waals surface area contributed by atoms with Crippen LogP contribution in [0.1, 0.15) is 26.8 Å². The number of hydrogen-bond donors (Lipinski definition) is 1. The van der Waals surface area contributed by atoms with E-state index >= 15 is 0 Å². The molecule has 156 valence electrons. The first-order chi connectivity index (χ1) is 14.2. The maximum atomic E-state index is 12.9. The van der Waals surface area contributed by atoms with Crippen LogP contribution in [0.4, 0.5) is 10.8 Å². The third-order valence-electron chi connectivity index (χ3n) is 4.46. The molecule has 1 aliphatic rings. The van der Waals surface area contributed by atoms with E-state index in [1.165, 1.54) is 33.8 Å². The lowest BCUT2D eigenvalue weighted by molar-refractivity contribution is -0.384. The van der Waals surface area contributed by atoms with Crippen molar-refractivity contribution in [1.82, 2.24) is 14.4 Å². The largest absolute Gasteiger partial charge is 0.361 e. The van der Waals surface area contributed by atoms with E-state index in [4.69, 9.17) is 4.52 Å². The van der Waals surface area contributed by atoms with Gasteiger partial charge in [-0.2, -0.15) is 4.31 Å². The Morgan fingerprint density at radius 1 is 1.33 bits per heavy atom. The molecule has 0 saturated heterocycles. The molecule has 0 unspecified atom stereocenters. The highest BCUT2D eigenvalue weighted by molar-refractivity contribution is 7.89. The summed E-state index contributed by atoms with van der Waals surface area (Å²) >= 11 is 1.19. The quantitative estimate of drug-likeness (QED) is 0.461. The number of nitro benzene ring substituents is 1. The van der Waals surface area contributed by atoms with Crippen molar-refractivity contribution in [3.63, 3.8) is 0 Å². The molecular formula is C17H15N5O6S2. The molecule has 1 aromatic carbocycles. The predicted octanol–water partition coefficient (Wildman–Crippen LogP) is 2.35. The van der Waals surface area contributed by atoms with E-state index in [9.17, 15) is 23.3 Å². The maximum Gasteiger partial charge on any atom is 0.279 e. The molecule has 11 nitrogen and oxygen atoms in total. The monoisotopic (exact) mass is 449 g/mol. The Morgan fingerprint density at radius 3 is 2.70 bits per heavy atom. The summed E-state index contributed by atoms with van der Waals surface area (Å²) in [6.45, 7) is 1.99. The van der Waals surface area contributed by atoms with Gasteiger partial charge in [0.05, 0.1) is 22.1 Å². The number of benzene rings is 1. The lowest BCUT2D eigenvalue weighted by Crippen LogP contribution is -2.35. The molecule has 13 heteroatoms. The number of thiazole rings is 1. The van der Waals surface area contributed by atoms with E-state index in [1.807, 2.05) is 0 Å². The number of aryl methyl sites for hydroxylation is 1. The molecule has 0 bridgehead atoms. The molecule has 0 aliphatic carbocycles. The highest BCUT2D eigenvalue weighted by Crippen LogP contribution is 2.31. The van der Waals surface area contributed by atoms with Crippen molar-refractivity contribution in [2.75, 3.05) is 11.9 Å². The summed E-state index contributed by atoms with van der Waals surface area (Å²) in [7, 11) is -3.82. The first-order valence-corrected chi connectivity index (χ1v) is 11.0. The van der Waals surface area contributed by atoms with Crippen LogP contribution in [0.2, 0.25) is 0 Å². The zero-order valence-electron chi connectivity index (χ0n) is 15.6. The number of anilines is 1. The predicted molar refractivity (Wildman–Crippen MR) is 106 cm³/mol. The van der Waals surface area contributed by atoms with Gasteiger partial charge in [0.25, 0.3) is 11.6 Å². The van der Waals surface area contributed by atoms with Crippen molar-refractivity contribution < 1.29 is 22.7 Å². The maximum absolute atomic E-state index is 12.9. The highest BCUT2D eigenvalue weighted by Gasteiger charge is 2.31. The Labute approximate surface area is 174 Å². The zero-order chi connectivity index (χ0) is 21.5. The minimum Gasteiger partial charge on any atom is -0.361 e. The first-order valence-electron chi connectivity index (χ1n) is 8.72. The second-order valence-electron chi connectivity index (χ2n) is 6.51. The smallest absolute Gasteiger partial charge is 0.279 e. The van der Waals surface area contributed by atoms with Gasteiger partial charge in [0.1, 0.15) is 5.76 Å². The molecule has 3 heterocycles. The van der Waals surface area contributed by atoms with Crippen LogP contribution >= 0.6 is 11.3 Å². The van der Waals surface area contributed by atoms with Crippen LogP contribution < -0.4 is 5.32 Å². The van der Waals surface area contributed by atoms with Crippen molar-refractivity contribution in [2.24, 2.45) is 0 Å². The van der Waals surface area contributed by atoms with Gasteiger partial charge in [-0.1, -0.05) is 5.16 Å². The fourth-order valence-corrected chi connectivity index (χ4v) is 5.46. The van der Waals surface area contributed by atoms with Crippen molar-refractivity contribution in [1.29, 1.82) is 0 Å². The van der Waals surface area contributed by atoms with Crippen LogP contribution in [0.25, 0.3) is 0 Å². The number of fused-ring (bicyclic) bond motifs is 1. The summed E-state index contributed by atoms with van der Waals surface area (Å²) in [6, 6.07) is 6.27. The Kier molecular flexibility index (Phi) is 5.09. The van der Waals surface area contributed by atoms with E-state index in [-0.39, 0.29) is 29.4 Å². The molecule has 0 fully saturated rings. The SMILES string of the molecule is Cc1cc(C(=O)Nc2nc3c(s2)CN(S(=O)(=O)c2ccc([N+](=O)[O-])cc2)CC3)no1. The molecule has 0 spiro atoms. The van der Waals surface area contributed by atoms with Crippen LogP contribution in [-0.4, -0.2) is 40.2 Å². The molecule has 1 amide bonds. The van der Waals surface area contributed by atoms with Crippen LogP contribution in [0, 0.1) is 17.0 Å². The van der Waals surface area contributed by atoms with Gasteiger partial charge in [-0.3, -0.25) is 20.2 Å². The third kappa shape index (κ3) is 3.81. The minimum absolute atomic E-state index is 0.0176. The number of amides is 1. The Morgan fingerprint density at radius 2 is 2.07 bits per heavy atom. The third-order valence-corrected chi connectivity index (χ3v) is 7.32. The lowest BCUT2D eigenvalue weighted by atomic mass is 10.2. The number of carbonyl (C=O) groups is 1. The molecule has 4 rings (SSSR count). The molecule has 3 aromatic rings. The van der Waals surface area contributed by atoms with Crippen molar-refractivity contribution in [3.8, 4) is 0 Å². The number of nitrogens with one attached hydrogen (secondary N) is 1. The molecule has 1 aliphatic heterocycles. The van der Waals surface area contributed by atoms with E-state index in [0.29, 0.717) is 17.3 Å². The second-order valence-corrected chi connectivity index (χ2v) is 9.53. The highest BCUT2D eigenvalue weighted by atomic mass is 32.2.